The van der Waals surface area contributed by atoms with Crippen LogP contribution in [0, 0.1) is 11.7 Å². The molecule has 1 atom stereocenters. The monoisotopic (exact) mass is 206 g/mol. The van der Waals surface area contributed by atoms with Crippen LogP contribution in [0.4, 0.5) is 4.39 Å². The molecule has 0 bridgehead atoms. The van der Waals surface area contributed by atoms with Gasteiger partial charge in [0.25, 0.3) is 0 Å². The Morgan fingerprint density at radius 1 is 1.47 bits per heavy atom. The van der Waals surface area contributed by atoms with Crippen molar-refractivity contribution < 1.29 is 9.18 Å². The largest absolute Gasteiger partial charge is 0.302 e. The smallest absolute Gasteiger partial charge is 0.130 e. The third kappa shape index (κ3) is 1.39. The van der Waals surface area contributed by atoms with Crippen LogP contribution in [0.15, 0.2) is 18.2 Å². The molecule has 1 aliphatic rings. The van der Waals surface area contributed by atoms with Crippen LogP contribution in [0.2, 0.25) is 0 Å². The van der Waals surface area contributed by atoms with E-state index in [1.54, 1.807) is 12.1 Å². The molecule has 0 aromatic heterocycles. The summed E-state index contributed by atoms with van der Waals surface area (Å²) in [6.45, 7) is 4.10. The van der Waals surface area contributed by atoms with Gasteiger partial charge in [-0.3, -0.25) is 0 Å². The number of halogens is 1. The highest BCUT2D eigenvalue weighted by atomic mass is 19.1. The van der Waals surface area contributed by atoms with Crippen molar-refractivity contribution in [1.82, 2.24) is 0 Å². The van der Waals surface area contributed by atoms with Crippen LogP contribution < -0.4 is 0 Å². The molecule has 1 aromatic rings. The molecule has 0 amide bonds. The minimum Gasteiger partial charge on any atom is -0.302 e. The normalized spacial score (nSPS) is 24.3. The molecule has 2 heteroatoms. The molecule has 80 valence electrons. The molecule has 1 aromatic carbocycles. The van der Waals surface area contributed by atoms with Gasteiger partial charge in [-0.25, -0.2) is 4.39 Å². The fourth-order valence-corrected chi connectivity index (χ4v) is 2.56. The lowest BCUT2D eigenvalue weighted by molar-refractivity contribution is -0.114. The molecule has 0 saturated carbocycles. The predicted molar refractivity (Wildman–Crippen MR) is 57.3 cm³/mol. The van der Waals surface area contributed by atoms with Crippen LogP contribution in [0.25, 0.3) is 0 Å². The maximum absolute atomic E-state index is 13.0. The van der Waals surface area contributed by atoms with Gasteiger partial charge in [0, 0.05) is 0 Å². The molecule has 0 spiro atoms. The summed E-state index contributed by atoms with van der Waals surface area (Å²) < 4.78 is 13.0. The summed E-state index contributed by atoms with van der Waals surface area (Å²) in [6.07, 6.45) is 2.67. The Kier molecular flexibility index (Phi) is 2.37. The van der Waals surface area contributed by atoms with E-state index < -0.39 is 0 Å². The Morgan fingerprint density at radius 3 is 2.80 bits per heavy atom. The lowest BCUT2D eigenvalue weighted by Crippen LogP contribution is -2.31. The van der Waals surface area contributed by atoms with E-state index in [1.165, 1.54) is 6.07 Å². The van der Waals surface area contributed by atoms with Gasteiger partial charge in [-0.05, 0) is 42.0 Å². The van der Waals surface area contributed by atoms with E-state index in [0.717, 1.165) is 30.3 Å². The maximum Gasteiger partial charge on any atom is 0.130 e. The number of hydrogen-bond donors (Lipinski definition) is 0. The zero-order chi connectivity index (χ0) is 11.1. The van der Waals surface area contributed by atoms with E-state index in [-0.39, 0.29) is 17.2 Å². The van der Waals surface area contributed by atoms with Crippen molar-refractivity contribution in [2.75, 3.05) is 0 Å². The Bertz CT molecular complexity index is 398. The summed E-state index contributed by atoms with van der Waals surface area (Å²) >= 11 is 0. The fourth-order valence-electron chi connectivity index (χ4n) is 2.56. The molecule has 2 rings (SSSR count). The van der Waals surface area contributed by atoms with Crippen molar-refractivity contribution >= 4 is 6.29 Å². The number of aldehydes is 1. The van der Waals surface area contributed by atoms with Gasteiger partial charge in [-0.2, -0.15) is 0 Å². The number of aryl methyl sites for hydroxylation is 1. The Hall–Kier alpha value is -1.18. The number of benzene rings is 1. The van der Waals surface area contributed by atoms with Gasteiger partial charge < -0.3 is 4.79 Å². The lowest BCUT2D eigenvalue weighted by atomic mass is 9.74. The van der Waals surface area contributed by atoms with E-state index in [4.69, 9.17) is 0 Å². The molecule has 0 unspecified atom stereocenters. The third-order valence-corrected chi connectivity index (χ3v) is 3.62. The average Bonchev–Trinajstić information content (AvgIpc) is 2.56. The highest BCUT2D eigenvalue weighted by Crippen LogP contribution is 2.42. The SMILES string of the molecule is CC(C)[C@]1(C=O)CCc2cc(F)ccc21. The third-order valence-electron chi connectivity index (χ3n) is 3.62. The highest BCUT2D eigenvalue weighted by Gasteiger charge is 2.41. The quantitative estimate of drug-likeness (QED) is 0.680. The van der Waals surface area contributed by atoms with Crippen LogP contribution in [0.3, 0.4) is 0 Å². The number of fused-ring (bicyclic) bond motifs is 1. The van der Waals surface area contributed by atoms with Crippen molar-refractivity contribution in [3.05, 3.63) is 35.1 Å². The first kappa shape index (κ1) is 10.3. The summed E-state index contributed by atoms with van der Waals surface area (Å²) in [5.41, 5.74) is 1.63. The summed E-state index contributed by atoms with van der Waals surface area (Å²) in [5.74, 6) is 0.0564. The summed E-state index contributed by atoms with van der Waals surface area (Å²) in [6, 6.07) is 4.78. The van der Waals surface area contributed by atoms with Crippen molar-refractivity contribution in [3.8, 4) is 0 Å². The van der Waals surface area contributed by atoms with E-state index in [1.807, 2.05) is 13.8 Å². The second kappa shape index (κ2) is 3.44. The first-order valence-electron chi connectivity index (χ1n) is 5.35. The van der Waals surface area contributed by atoms with Gasteiger partial charge >= 0.3 is 0 Å². The predicted octanol–water partition coefficient (Wildman–Crippen LogP) is 2.86. The molecule has 0 N–H and O–H groups in total. The molecule has 0 saturated heterocycles. The number of hydrogen-bond acceptors (Lipinski definition) is 1. The molecule has 1 nitrogen and oxygen atoms in total. The van der Waals surface area contributed by atoms with Gasteiger partial charge in [0.1, 0.15) is 12.1 Å². The van der Waals surface area contributed by atoms with Crippen LogP contribution >= 0.6 is 0 Å². The standard InChI is InChI=1S/C13H15FO/c1-9(2)13(8-15)6-5-10-7-11(14)3-4-12(10)13/h3-4,7-9H,5-6H2,1-2H3/t13-/m1/s1. The van der Waals surface area contributed by atoms with Crippen molar-refractivity contribution in [3.63, 3.8) is 0 Å². The van der Waals surface area contributed by atoms with Crippen molar-refractivity contribution in [1.29, 1.82) is 0 Å². The molecule has 0 fully saturated rings. The van der Waals surface area contributed by atoms with Crippen LogP contribution in [-0.2, 0) is 16.6 Å². The van der Waals surface area contributed by atoms with E-state index in [2.05, 4.69) is 0 Å². The molecule has 0 radical (unpaired) electrons. The zero-order valence-electron chi connectivity index (χ0n) is 9.09. The zero-order valence-corrected chi connectivity index (χ0v) is 9.09. The Balaban J connectivity index is 2.56. The average molecular weight is 206 g/mol. The topological polar surface area (TPSA) is 17.1 Å². The highest BCUT2D eigenvalue weighted by molar-refractivity contribution is 5.72. The molecule has 15 heavy (non-hydrogen) atoms. The van der Waals surface area contributed by atoms with Crippen LogP contribution in [0.1, 0.15) is 31.4 Å². The Morgan fingerprint density at radius 2 is 2.20 bits per heavy atom. The van der Waals surface area contributed by atoms with Gasteiger partial charge in [0.2, 0.25) is 0 Å². The Labute approximate surface area is 89.3 Å². The van der Waals surface area contributed by atoms with E-state index in [0.29, 0.717) is 0 Å². The van der Waals surface area contributed by atoms with Crippen LogP contribution in [0.5, 0.6) is 0 Å². The second-order valence-corrected chi connectivity index (χ2v) is 4.61. The van der Waals surface area contributed by atoms with Crippen LogP contribution in [-0.4, -0.2) is 6.29 Å². The number of rotatable bonds is 2. The number of carbonyl (C=O) groups excluding carboxylic acids is 1. The molecule has 0 aliphatic heterocycles. The van der Waals surface area contributed by atoms with Gasteiger partial charge in [-0.1, -0.05) is 19.9 Å². The van der Waals surface area contributed by atoms with Gasteiger partial charge in [-0.15, -0.1) is 0 Å². The van der Waals surface area contributed by atoms with E-state index >= 15 is 0 Å². The minimum absolute atomic E-state index is 0.209. The van der Waals surface area contributed by atoms with Crippen molar-refractivity contribution in [2.45, 2.75) is 32.1 Å². The van der Waals surface area contributed by atoms with Crippen molar-refractivity contribution in [2.24, 2.45) is 5.92 Å². The minimum atomic E-state index is -0.386. The fraction of sp³-hybridized carbons (Fsp3) is 0.462. The first-order chi connectivity index (χ1) is 7.10. The first-order valence-corrected chi connectivity index (χ1v) is 5.35. The second-order valence-electron chi connectivity index (χ2n) is 4.61. The summed E-state index contributed by atoms with van der Waals surface area (Å²) in [7, 11) is 0. The molecule has 0 heterocycles. The molecular formula is C13H15FO. The van der Waals surface area contributed by atoms with E-state index in [9.17, 15) is 9.18 Å². The summed E-state index contributed by atoms with van der Waals surface area (Å²) in [4.78, 5) is 11.3. The summed E-state index contributed by atoms with van der Waals surface area (Å²) in [5, 5.41) is 0. The van der Waals surface area contributed by atoms with Gasteiger partial charge in [0.15, 0.2) is 0 Å². The van der Waals surface area contributed by atoms with Gasteiger partial charge in [0.05, 0.1) is 5.41 Å². The lowest BCUT2D eigenvalue weighted by Gasteiger charge is -2.28. The molecule has 1 aliphatic carbocycles. The molecular weight excluding hydrogens is 191 g/mol. The maximum atomic E-state index is 13.0. The number of carbonyl (C=O) groups is 1.